The van der Waals surface area contributed by atoms with Crippen LogP contribution >= 0.6 is 0 Å². The monoisotopic (exact) mass is 525 g/mol. The van der Waals surface area contributed by atoms with Gasteiger partial charge in [-0.15, -0.1) is 0 Å². The topological polar surface area (TPSA) is 99.4 Å². The molecule has 0 aromatic heterocycles. The van der Waals surface area contributed by atoms with Crippen molar-refractivity contribution in [2.24, 2.45) is 11.5 Å². The molecule has 2 aromatic carbocycles. The summed E-state index contributed by atoms with van der Waals surface area (Å²) >= 11 is 0. The van der Waals surface area contributed by atoms with Crippen molar-refractivity contribution in [3.8, 4) is 6.07 Å². The van der Waals surface area contributed by atoms with Gasteiger partial charge in [0.05, 0.1) is 29.6 Å². The molecule has 1 aliphatic rings. The quantitative estimate of drug-likeness (QED) is 0.443. The smallest absolute Gasteiger partial charge is 0.397 e. The number of carbonyl (C=O) groups excluding carboxylic acids is 1. The Labute approximate surface area is 209 Å². The lowest BCUT2D eigenvalue weighted by molar-refractivity contribution is -0.177. The molecule has 0 spiro atoms. The highest BCUT2D eigenvalue weighted by molar-refractivity contribution is 5.78. The van der Waals surface area contributed by atoms with E-state index >= 15 is 0 Å². The maximum absolute atomic E-state index is 14.0. The minimum absolute atomic E-state index is 0.0149. The van der Waals surface area contributed by atoms with Crippen molar-refractivity contribution in [1.29, 1.82) is 5.26 Å². The average molecular weight is 525 g/mol. The molecule has 6 nitrogen and oxygen atoms in total. The van der Waals surface area contributed by atoms with Crippen LogP contribution in [0.4, 0.5) is 26.3 Å². The van der Waals surface area contributed by atoms with Crippen LogP contribution < -0.4 is 11.5 Å². The molecule has 1 heterocycles. The Morgan fingerprint density at radius 3 is 2.43 bits per heavy atom. The zero-order valence-corrected chi connectivity index (χ0v) is 19.8. The molecule has 37 heavy (non-hydrogen) atoms. The zero-order valence-electron chi connectivity index (χ0n) is 19.8. The summed E-state index contributed by atoms with van der Waals surface area (Å²) in [7, 11) is 0. The molecule has 0 saturated carbocycles. The van der Waals surface area contributed by atoms with Crippen molar-refractivity contribution in [3.63, 3.8) is 0 Å². The number of hydrogen-bond donors (Lipinski definition) is 2. The molecular formula is C25H25F6N5O. The van der Waals surface area contributed by atoms with Crippen LogP contribution in [-0.2, 0) is 11.2 Å². The van der Waals surface area contributed by atoms with Gasteiger partial charge < -0.3 is 21.3 Å². The van der Waals surface area contributed by atoms with Crippen molar-refractivity contribution in [1.82, 2.24) is 9.80 Å². The molecule has 198 valence electrons. The second-order valence-corrected chi connectivity index (χ2v) is 8.81. The third-order valence-electron chi connectivity index (χ3n) is 6.21. The third-order valence-corrected chi connectivity index (χ3v) is 6.21. The maximum atomic E-state index is 14.0. The van der Waals surface area contributed by atoms with Crippen LogP contribution in [-0.4, -0.2) is 53.6 Å². The largest absolute Gasteiger partial charge is 0.408 e. The van der Waals surface area contributed by atoms with E-state index in [0.717, 1.165) is 11.8 Å². The zero-order chi connectivity index (χ0) is 27.5. The molecule has 3 rings (SSSR count). The molecule has 1 aliphatic heterocycles. The number of nitrogens with zero attached hydrogens (tertiary/aromatic N) is 3. The lowest BCUT2D eigenvalue weighted by Gasteiger charge is -2.43. The predicted molar refractivity (Wildman–Crippen MR) is 124 cm³/mol. The summed E-state index contributed by atoms with van der Waals surface area (Å²) in [4.78, 5) is 15.3. The minimum atomic E-state index is -4.57. The fourth-order valence-electron chi connectivity index (χ4n) is 4.12. The maximum Gasteiger partial charge on any atom is 0.408 e. The summed E-state index contributed by atoms with van der Waals surface area (Å²) in [5.74, 6) is -4.13. The summed E-state index contributed by atoms with van der Waals surface area (Å²) in [6.45, 7) is 0.505. The molecule has 1 fully saturated rings. The summed E-state index contributed by atoms with van der Waals surface area (Å²) in [6.07, 6.45) is -5.14. The van der Waals surface area contributed by atoms with E-state index in [2.05, 4.69) is 0 Å². The van der Waals surface area contributed by atoms with Gasteiger partial charge in [-0.2, -0.15) is 18.4 Å². The highest BCUT2D eigenvalue weighted by Crippen LogP contribution is 2.31. The molecule has 2 aromatic rings. The summed E-state index contributed by atoms with van der Waals surface area (Å²) < 4.78 is 81.4. The highest BCUT2D eigenvalue weighted by atomic mass is 19.4. The van der Waals surface area contributed by atoms with Gasteiger partial charge in [0, 0.05) is 37.2 Å². The van der Waals surface area contributed by atoms with E-state index in [4.69, 9.17) is 16.7 Å². The molecule has 4 N–H and O–H groups in total. The Balaban J connectivity index is 1.83. The molecular weight excluding hydrogens is 500 g/mol. The Morgan fingerprint density at radius 1 is 1.11 bits per heavy atom. The van der Waals surface area contributed by atoms with Gasteiger partial charge in [0.2, 0.25) is 5.91 Å². The Bertz CT molecular complexity index is 1240. The molecule has 12 heteroatoms. The molecule has 2 atom stereocenters. The van der Waals surface area contributed by atoms with Crippen LogP contribution in [0.5, 0.6) is 0 Å². The van der Waals surface area contributed by atoms with Crippen LogP contribution in [0.1, 0.15) is 30.0 Å². The first-order chi connectivity index (χ1) is 17.3. The number of benzene rings is 2. The Morgan fingerprint density at radius 2 is 1.78 bits per heavy atom. The van der Waals surface area contributed by atoms with Gasteiger partial charge in [-0.3, -0.25) is 4.79 Å². The van der Waals surface area contributed by atoms with E-state index in [1.165, 1.54) is 17.0 Å². The van der Waals surface area contributed by atoms with Gasteiger partial charge in [0.25, 0.3) is 0 Å². The minimum Gasteiger partial charge on any atom is -0.397 e. The van der Waals surface area contributed by atoms with Gasteiger partial charge in [0.1, 0.15) is 11.9 Å². The van der Waals surface area contributed by atoms with Crippen LogP contribution in [0.15, 0.2) is 42.1 Å². The summed E-state index contributed by atoms with van der Waals surface area (Å²) in [6, 6.07) is 6.19. The van der Waals surface area contributed by atoms with Crippen molar-refractivity contribution in [2.45, 2.75) is 38.0 Å². The highest BCUT2D eigenvalue weighted by Gasteiger charge is 2.43. The van der Waals surface area contributed by atoms with Gasteiger partial charge in [-0.05, 0) is 37.1 Å². The number of halogens is 6. The average Bonchev–Trinajstić information content (AvgIpc) is 2.85. The number of alkyl halides is 3. The first-order valence-corrected chi connectivity index (χ1v) is 11.3. The Kier molecular flexibility index (Phi) is 8.38. The standard InChI is InChI=1S/C25H25F6N5O/c1-14(25(29,30)31)36-6-5-35(13-22(36)24(34)16-4-2-3-15(7-16)12-32)23(37)10-18(33)8-17-9-20(27)21(28)11-19(17)26/h2-4,7,9,11,14,18H,5-6,8,10,13,33-34H2,1H3/b24-22-. The first-order valence-electron chi connectivity index (χ1n) is 11.3. The lowest BCUT2D eigenvalue weighted by Crippen LogP contribution is -2.54. The van der Waals surface area contributed by atoms with E-state index in [0.29, 0.717) is 17.7 Å². The van der Waals surface area contributed by atoms with Gasteiger partial charge in [-0.25, -0.2) is 13.2 Å². The predicted octanol–water partition coefficient (Wildman–Crippen LogP) is 3.66. The van der Waals surface area contributed by atoms with E-state index < -0.39 is 41.6 Å². The molecule has 2 unspecified atom stereocenters. The number of nitrogens with two attached hydrogens (primary N) is 2. The number of amides is 1. The number of rotatable bonds is 6. The van der Waals surface area contributed by atoms with E-state index in [1.54, 1.807) is 12.1 Å². The molecule has 0 aliphatic carbocycles. The van der Waals surface area contributed by atoms with Crippen LogP contribution in [0, 0.1) is 28.8 Å². The van der Waals surface area contributed by atoms with Crippen LogP contribution in [0.25, 0.3) is 5.70 Å². The van der Waals surface area contributed by atoms with Gasteiger partial charge in [0.15, 0.2) is 11.6 Å². The number of nitriles is 1. The third kappa shape index (κ3) is 6.54. The first kappa shape index (κ1) is 27.9. The van der Waals surface area contributed by atoms with Crippen molar-refractivity contribution >= 4 is 11.6 Å². The summed E-state index contributed by atoms with van der Waals surface area (Å²) in [5, 5.41) is 9.16. The second-order valence-electron chi connectivity index (χ2n) is 8.81. The fourth-order valence-corrected chi connectivity index (χ4v) is 4.12. The van der Waals surface area contributed by atoms with E-state index in [9.17, 15) is 31.1 Å². The number of piperazine rings is 1. The SMILES string of the molecule is CC(N1CCN(C(=O)CC(N)Cc2cc(F)c(F)cc2F)C/C1=C(/N)c1cccc(C#N)c1)C(F)(F)F. The molecule has 0 bridgehead atoms. The van der Waals surface area contributed by atoms with E-state index in [-0.39, 0.29) is 55.0 Å². The van der Waals surface area contributed by atoms with Crippen molar-refractivity contribution < 1.29 is 31.1 Å². The summed E-state index contributed by atoms with van der Waals surface area (Å²) in [5.41, 5.74) is 12.7. The van der Waals surface area contributed by atoms with E-state index in [1.807, 2.05) is 6.07 Å². The molecule has 1 amide bonds. The normalized spacial score (nSPS) is 17.3. The molecule has 0 radical (unpaired) electrons. The second kappa shape index (κ2) is 11.1. The Hall–Kier alpha value is -3.72. The lowest BCUT2D eigenvalue weighted by atomic mass is 10.0. The number of hydrogen-bond acceptors (Lipinski definition) is 5. The fraction of sp³-hybridized carbons (Fsp3) is 0.360. The van der Waals surface area contributed by atoms with Gasteiger partial charge in [-0.1, -0.05) is 12.1 Å². The van der Waals surface area contributed by atoms with Gasteiger partial charge >= 0.3 is 6.18 Å². The van der Waals surface area contributed by atoms with Crippen molar-refractivity contribution in [2.75, 3.05) is 19.6 Å². The number of carbonyl (C=O) groups is 1. The van der Waals surface area contributed by atoms with Crippen LogP contribution in [0.2, 0.25) is 0 Å². The molecule has 1 saturated heterocycles. The van der Waals surface area contributed by atoms with Crippen molar-refractivity contribution in [3.05, 3.63) is 76.2 Å². The van der Waals surface area contributed by atoms with Crippen LogP contribution in [0.3, 0.4) is 0 Å².